The Hall–Kier alpha value is -2.38. The Kier molecular flexibility index (Phi) is 4.02. The molecule has 0 atom stereocenters. The van der Waals surface area contributed by atoms with Gasteiger partial charge in [0.15, 0.2) is 5.75 Å². The fourth-order valence-corrected chi connectivity index (χ4v) is 2.53. The highest BCUT2D eigenvalue weighted by Crippen LogP contribution is 2.22. The Morgan fingerprint density at radius 2 is 1.60 bits per heavy atom. The molecule has 0 radical (unpaired) electrons. The summed E-state index contributed by atoms with van der Waals surface area (Å²) in [7, 11) is -4.00. The van der Waals surface area contributed by atoms with Crippen LogP contribution in [-0.4, -0.2) is 14.3 Å². The number of rotatable bonds is 4. The van der Waals surface area contributed by atoms with Crippen LogP contribution < -0.4 is 15.5 Å². The van der Waals surface area contributed by atoms with Crippen LogP contribution in [0.1, 0.15) is 10.4 Å². The van der Waals surface area contributed by atoms with Crippen LogP contribution in [0.3, 0.4) is 0 Å². The van der Waals surface area contributed by atoms with Gasteiger partial charge in [-0.25, -0.2) is 5.84 Å². The Morgan fingerprint density at radius 3 is 2.25 bits per heavy atom. The molecule has 0 spiro atoms. The molecule has 0 aromatic heterocycles. The van der Waals surface area contributed by atoms with E-state index in [0.717, 1.165) is 0 Å². The van der Waals surface area contributed by atoms with Gasteiger partial charge in [-0.15, -0.1) is 0 Å². The zero-order valence-corrected chi connectivity index (χ0v) is 11.1. The first-order valence-corrected chi connectivity index (χ1v) is 7.05. The third-order valence-corrected chi connectivity index (χ3v) is 3.74. The lowest BCUT2D eigenvalue weighted by Gasteiger charge is -2.10. The number of carbonyl (C=O) groups excluding carboxylic acids is 1. The molecule has 2 aromatic carbocycles. The topological polar surface area (TPSA) is 98.5 Å². The molecule has 0 heterocycles. The molecule has 1 amide bonds. The Balaban J connectivity index is 2.38. The maximum absolute atomic E-state index is 12.1. The molecule has 7 heteroatoms. The van der Waals surface area contributed by atoms with E-state index in [-0.39, 0.29) is 16.2 Å². The van der Waals surface area contributed by atoms with Gasteiger partial charge in [-0.1, -0.05) is 30.3 Å². The minimum Gasteiger partial charge on any atom is -0.378 e. The second-order valence-corrected chi connectivity index (χ2v) is 5.37. The molecular formula is C13H12N2O4S. The van der Waals surface area contributed by atoms with Crippen molar-refractivity contribution in [1.29, 1.82) is 0 Å². The monoisotopic (exact) mass is 292 g/mol. The number of hydrogen-bond donors (Lipinski definition) is 2. The van der Waals surface area contributed by atoms with E-state index in [0.29, 0.717) is 0 Å². The van der Waals surface area contributed by atoms with E-state index in [9.17, 15) is 13.2 Å². The number of nitrogens with two attached hydrogens (primary N) is 1. The van der Waals surface area contributed by atoms with Crippen molar-refractivity contribution in [2.45, 2.75) is 4.90 Å². The summed E-state index contributed by atoms with van der Waals surface area (Å²) >= 11 is 0. The lowest BCUT2D eigenvalue weighted by atomic mass is 10.2. The van der Waals surface area contributed by atoms with E-state index in [4.69, 9.17) is 10.0 Å². The molecule has 6 nitrogen and oxygen atoms in total. The second kappa shape index (κ2) is 5.72. The number of nitrogens with one attached hydrogen (secondary N) is 1. The normalized spacial score (nSPS) is 10.8. The number of carbonyl (C=O) groups is 1. The predicted octanol–water partition coefficient (Wildman–Crippen LogP) is 1.06. The largest absolute Gasteiger partial charge is 0.378 e. The summed E-state index contributed by atoms with van der Waals surface area (Å²) in [5.74, 6) is 4.32. The summed E-state index contributed by atoms with van der Waals surface area (Å²) in [6.07, 6.45) is 0. The highest BCUT2D eigenvalue weighted by atomic mass is 32.2. The van der Waals surface area contributed by atoms with Crippen LogP contribution in [0.4, 0.5) is 0 Å². The second-order valence-electron chi connectivity index (χ2n) is 3.82. The average molecular weight is 292 g/mol. The Morgan fingerprint density at radius 1 is 1.00 bits per heavy atom. The third-order valence-electron chi connectivity index (χ3n) is 2.49. The van der Waals surface area contributed by atoms with E-state index < -0.39 is 16.0 Å². The summed E-state index contributed by atoms with van der Waals surface area (Å²) in [6, 6.07) is 13.6. The molecule has 20 heavy (non-hydrogen) atoms. The summed E-state index contributed by atoms with van der Waals surface area (Å²) in [5.41, 5.74) is 1.97. The summed E-state index contributed by atoms with van der Waals surface area (Å²) in [4.78, 5) is 11.5. The van der Waals surface area contributed by atoms with Crippen molar-refractivity contribution in [3.63, 3.8) is 0 Å². The van der Waals surface area contributed by atoms with E-state index in [1.165, 1.54) is 24.3 Å². The third kappa shape index (κ3) is 2.95. The Bertz CT molecular complexity index is 714. The molecule has 0 fully saturated rings. The van der Waals surface area contributed by atoms with Crippen molar-refractivity contribution in [3.05, 3.63) is 60.2 Å². The standard InChI is InChI=1S/C13H12N2O4S/c14-15-13(16)11-8-4-5-9-12(11)19-20(17,18)10-6-2-1-3-7-10/h1-9H,14H2,(H,15,16). The minimum absolute atomic E-state index is 0.00274. The van der Waals surface area contributed by atoms with Gasteiger partial charge in [0.05, 0.1) is 5.56 Å². The van der Waals surface area contributed by atoms with E-state index in [1.54, 1.807) is 30.3 Å². The SMILES string of the molecule is NNC(=O)c1ccccc1OS(=O)(=O)c1ccccc1. The van der Waals surface area contributed by atoms with Crippen molar-refractivity contribution in [1.82, 2.24) is 5.43 Å². The van der Waals surface area contributed by atoms with E-state index in [1.807, 2.05) is 5.43 Å². The van der Waals surface area contributed by atoms with Crippen LogP contribution in [0.2, 0.25) is 0 Å². The minimum atomic E-state index is -4.00. The van der Waals surface area contributed by atoms with Crippen LogP contribution in [0.25, 0.3) is 0 Å². The molecule has 2 aromatic rings. The molecular weight excluding hydrogens is 280 g/mol. The van der Waals surface area contributed by atoms with Gasteiger partial charge in [-0.3, -0.25) is 10.2 Å². The smallest absolute Gasteiger partial charge is 0.339 e. The van der Waals surface area contributed by atoms with Crippen LogP contribution in [0.5, 0.6) is 5.75 Å². The molecule has 0 aliphatic rings. The van der Waals surface area contributed by atoms with Crippen LogP contribution >= 0.6 is 0 Å². The number of benzene rings is 2. The zero-order chi connectivity index (χ0) is 14.6. The van der Waals surface area contributed by atoms with Gasteiger partial charge in [0.25, 0.3) is 5.91 Å². The van der Waals surface area contributed by atoms with E-state index >= 15 is 0 Å². The van der Waals surface area contributed by atoms with Crippen LogP contribution in [-0.2, 0) is 10.1 Å². The van der Waals surface area contributed by atoms with Gasteiger partial charge >= 0.3 is 10.1 Å². The van der Waals surface area contributed by atoms with Gasteiger partial charge in [0, 0.05) is 0 Å². The number of hydrogen-bond acceptors (Lipinski definition) is 5. The number of para-hydroxylation sites is 1. The van der Waals surface area contributed by atoms with Gasteiger partial charge < -0.3 is 4.18 Å². The number of amides is 1. The first-order valence-electron chi connectivity index (χ1n) is 5.64. The van der Waals surface area contributed by atoms with Crippen molar-refractivity contribution in [2.75, 3.05) is 0 Å². The number of nitrogen functional groups attached to an aromatic ring is 1. The summed E-state index contributed by atoms with van der Waals surface area (Å²) in [5, 5.41) is 0. The van der Waals surface area contributed by atoms with E-state index in [2.05, 4.69) is 0 Å². The van der Waals surface area contributed by atoms with Gasteiger partial charge in [-0.2, -0.15) is 8.42 Å². The average Bonchev–Trinajstić information content (AvgIpc) is 2.47. The van der Waals surface area contributed by atoms with Gasteiger partial charge in [-0.05, 0) is 24.3 Å². The Labute approximate surface area is 116 Å². The first kappa shape index (κ1) is 14.0. The molecule has 0 aliphatic heterocycles. The lowest BCUT2D eigenvalue weighted by molar-refractivity contribution is 0.0952. The van der Waals surface area contributed by atoms with Crippen molar-refractivity contribution in [3.8, 4) is 5.75 Å². The van der Waals surface area contributed by atoms with Crippen molar-refractivity contribution < 1.29 is 17.4 Å². The first-order chi connectivity index (χ1) is 9.54. The molecule has 104 valence electrons. The summed E-state index contributed by atoms with van der Waals surface area (Å²) < 4.78 is 29.2. The number of hydrazine groups is 1. The molecule has 2 rings (SSSR count). The highest BCUT2D eigenvalue weighted by Gasteiger charge is 2.20. The fraction of sp³-hybridized carbons (Fsp3) is 0. The van der Waals surface area contributed by atoms with Crippen LogP contribution in [0, 0.1) is 0 Å². The zero-order valence-electron chi connectivity index (χ0n) is 10.3. The molecule has 3 N–H and O–H groups in total. The molecule has 0 saturated heterocycles. The maximum atomic E-state index is 12.1. The summed E-state index contributed by atoms with van der Waals surface area (Å²) in [6.45, 7) is 0. The quantitative estimate of drug-likeness (QED) is 0.380. The fourth-order valence-electron chi connectivity index (χ4n) is 1.56. The lowest BCUT2D eigenvalue weighted by Crippen LogP contribution is -2.30. The van der Waals surface area contributed by atoms with Crippen LogP contribution in [0.15, 0.2) is 59.5 Å². The van der Waals surface area contributed by atoms with Crippen molar-refractivity contribution in [2.24, 2.45) is 5.84 Å². The molecule has 0 unspecified atom stereocenters. The van der Waals surface area contributed by atoms with Gasteiger partial charge in [0.1, 0.15) is 4.90 Å². The predicted molar refractivity (Wildman–Crippen MR) is 72.4 cm³/mol. The maximum Gasteiger partial charge on any atom is 0.339 e. The highest BCUT2D eigenvalue weighted by molar-refractivity contribution is 7.87. The van der Waals surface area contributed by atoms with Crippen molar-refractivity contribution >= 4 is 16.0 Å². The molecule has 0 bridgehead atoms. The van der Waals surface area contributed by atoms with Gasteiger partial charge in [0.2, 0.25) is 0 Å². The molecule has 0 aliphatic carbocycles. The molecule has 0 saturated carbocycles.